The molecule has 0 aliphatic carbocycles. The van der Waals surface area contributed by atoms with Gasteiger partial charge in [-0.1, -0.05) is 48.9 Å². The number of ether oxygens (including phenoxy) is 1. The number of likely N-dealkylation sites (N-methyl/N-ethyl adjacent to an activating group) is 1. The van der Waals surface area contributed by atoms with Crippen LogP contribution < -0.4 is 10.1 Å². The lowest BCUT2D eigenvalue weighted by molar-refractivity contribution is 0.405. The molecule has 0 saturated carbocycles. The number of hydrogen-bond acceptors (Lipinski definition) is 2. The summed E-state index contributed by atoms with van der Waals surface area (Å²) in [5.74, 6) is 0.928. The second-order valence-electron chi connectivity index (χ2n) is 4.68. The Morgan fingerprint density at radius 2 is 1.95 bits per heavy atom. The summed E-state index contributed by atoms with van der Waals surface area (Å²) in [5, 5.41) is 4.28. The molecular formula is C17H20ClNO. The van der Waals surface area contributed by atoms with Gasteiger partial charge in [0, 0.05) is 11.1 Å². The molecule has 1 atom stereocenters. The van der Waals surface area contributed by atoms with Gasteiger partial charge in [0.05, 0.1) is 7.11 Å². The molecule has 0 bridgehead atoms. The van der Waals surface area contributed by atoms with E-state index in [1.165, 1.54) is 11.1 Å². The molecule has 2 nitrogen and oxygen atoms in total. The van der Waals surface area contributed by atoms with Gasteiger partial charge in [-0.05, 0) is 42.3 Å². The molecular weight excluding hydrogens is 270 g/mol. The molecule has 0 spiro atoms. The molecule has 0 amide bonds. The Labute approximate surface area is 125 Å². The molecule has 106 valence electrons. The van der Waals surface area contributed by atoms with Gasteiger partial charge >= 0.3 is 0 Å². The van der Waals surface area contributed by atoms with E-state index in [2.05, 4.69) is 24.4 Å². The van der Waals surface area contributed by atoms with Gasteiger partial charge in [0.1, 0.15) is 5.75 Å². The van der Waals surface area contributed by atoms with E-state index < -0.39 is 0 Å². The van der Waals surface area contributed by atoms with Gasteiger partial charge in [-0.2, -0.15) is 0 Å². The Morgan fingerprint density at radius 3 is 2.65 bits per heavy atom. The van der Waals surface area contributed by atoms with Crippen molar-refractivity contribution in [1.29, 1.82) is 0 Å². The lowest BCUT2D eigenvalue weighted by atomic mass is 9.98. The summed E-state index contributed by atoms with van der Waals surface area (Å²) >= 11 is 6.10. The number of methoxy groups -OCH3 is 1. The minimum Gasteiger partial charge on any atom is -0.496 e. The Morgan fingerprint density at radius 1 is 1.15 bits per heavy atom. The van der Waals surface area contributed by atoms with Crippen LogP contribution in [0.4, 0.5) is 0 Å². The maximum absolute atomic E-state index is 6.10. The van der Waals surface area contributed by atoms with Crippen LogP contribution in [0.1, 0.15) is 24.1 Å². The van der Waals surface area contributed by atoms with Crippen LogP contribution in [0.5, 0.6) is 5.75 Å². The van der Waals surface area contributed by atoms with Crippen molar-refractivity contribution in [3.05, 3.63) is 64.7 Å². The Kier molecular flexibility index (Phi) is 5.45. The second-order valence-corrected chi connectivity index (χ2v) is 5.12. The van der Waals surface area contributed by atoms with Crippen molar-refractivity contribution in [3.8, 4) is 5.75 Å². The molecule has 2 rings (SSSR count). The Hall–Kier alpha value is -1.51. The summed E-state index contributed by atoms with van der Waals surface area (Å²) in [4.78, 5) is 0. The molecule has 0 aromatic heterocycles. The van der Waals surface area contributed by atoms with Gasteiger partial charge < -0.3 is 10.1 Å². The highest BCUT2D eigenvalue weighted by Crippen LogP contribution is 2.26. The van der Waals surface area contributed by atoms with Gasteiger partial charge in [0.2, 0.25) is 0 Å². The zero-order chi connectivity index (χ0) is 14.4. The number of rotatable bonds is 6. The van der Waals surface area contributed by atoms with Gasteiger partial charge in [0.15, 0.2) is 0 Å². The molecule has 0 aliphatic heterocycles. The molecule has 3 heteroatoms. The smallest absolute Gasteiger partial charge is 0.122 e. The fourth-order valence-electron chi connectivity index (χ4n) is 2.37. The molecule has 0 aliphatic rings. The molecule has 0 fully saturated rings. The quantitative estimate of drug-likeness (QED) is 0.859. The van der Waals surface area contributed by atoms with Crippen LogP contribution >= 0.6 is 11.6 Å². The number of hydrogen-bond donors (Lipinski definition) is 1. The summed E-state index contributed by atoms with van der Waals surface area (Å²) in [6.45, 7) is 3.02. The van der Waals surface area contributed by atoms with E-state index in [1.54, 1.807) is 7.11 Å². The molecule has 2 aromatic rings. The average molecular weight is 290 g/mol. The van der Waals surface area contributed by atoms with E-state index in [9.17, 15) is 0 Å². The Balaban J connectivity index is 2.25. The van der Waals surface area contributed by atoms with Gasteiger partial charge in [-0.15, -0.1) is 0 Å². The summed E-state index contributed by atoms with van der Waals surface area (Å²) in [6, 6.07) is 16.4. The van der Waals surface area contributed by atoms with E-state index in [0.717, 1.165) is 23.7 Å². The molecule has 2 aromatic carbocycles. The highest BCUT2D eigenvalue weighted by Gasteiger charge is 2.13. The first-order valence-electron chi connectivity index (χ1n) is 6.85. The van der Waals surface area contributed by atoms with Crippen LogP contribution in [0.15, 0.2) is 48.5 Å². The van der Waals surface area contributed by atoms with Crippen LogP contribution in [0.2, 0.25) is 5.02 Å². The first kappa shape index (κ1) is 14.9. The van der Waals surface area contributed by atoms with Crippen LogP contribution in [0.25, 0.3) is 0 Å². The second kappa shape index (κ2) is 7.32. The third-order valence-corrected chi connectivity index (χ3v) is 3.55. The van der Waals surface area contributed by atoms with E-state index in [0.29, 0.717) is 0 Å². The molecule has 0 radical (unpaired) electrons. The summed E-state index contributed by atoms with van der Waals surface area (Å²) in [5.41, 5.74) is 2.39. The topological polar surface area (TPSA) is 21.3 Å². The highest BCUT2D eigenvalue weighted by molar-refractivity contribution is 6.30. The zero-order valence-electron chi connectivity index (χ0n) is 11.9. The van der Waals surface area contributed by atoms with Gasteiger partial charge in [-0.3, -0.25) is 0 Å². The maximum Gasteiger partial charge on any atom is 0.122 e. The third kappa shape index (κ3) is 3.75. The number of para-hydroxylation sites is 1. The number of halogens is 1. The van der Waals surface area contributed by atoms with Crippen molar-refractivity contribution in [1.82, 2.24) is 5.32 Å². The van der Waals surface area contributed by atoms with Crippen LogP contribution in [0, 0.1) is 0 Å². The van der Waals surface area contributed by atoms with E-state index in [1.807, 2.05) is 36.4 Å². The normalized spacial score (nSPS) is 12.2. The third-order valence-electron chi connectivity index (χ3n) is 3.32. The largest absolute Gasteiger partial charge is 0.496 e. The SMILES string of the molecule is CCNC(Cc1ccccc1OC)c1cccc(Cl)c1. The first-order valence-corrected chi connectivity index (χ1v) is 7.23. The van der Waals surface area contributed by atoms with Crippen LogP contribution in [-0.2, 0) is 6.42 Å². The molecule has 1 unspecified atom stereocenters. The lowest BCUT2D eigenvalue weighted by Gasteiger charge is -2.20. The van der Waals surface area contributed by atoms with Crippen molar-refractivity contribution in [2.75, 3.05) is 13.7 Å². The highest BCUT2D eigenvalue weighted by atomic mass is 35.5. The average Bonchev–Trinajstić information content (AvgIpc) is 2.47. The van der Waals surface area contributed by atoms with Crippen molar-refractivity contribution in [2.24, 2.45) is 0 Å². The standard InChI is InChI=1S/C17H20ClNO/c1-3-19-16(13-8-6-9-15(18)11-13)12-14-7-4-5-10-17(14)20-2/h4-11,16,19H,3,12H2,1-2H3. The monoisotopic (exact) mass is 289 g/mol. The van der Waals surface area contributed by atoms with Crippen molar-refractivity contribution >= 4 is 11.6 Å². The fraction of sp³-hybridized carbons (Fsp3) is 0.294. The van der Waals surface area contributed by atoms with Crippen molar-refractivity contribution < 1.29 is 4.74 Å². The molecule has 0 saturated heterocycles. The number of benzene rings is 2. The minimum atomic E-state index is 0.231. The first-order chi connectivity index (χ1) is 9.74. The van der Waals surface area contributed by atoms with E-state index >= 15 is 0 Å². The fourth-order valence-corrected chi connectivity index (χ4v) is 2.57. The molecule has 1 N–H and O–H groups in total. The van der Waals surface area contributed by atoms with Crippen molar-refractivity contribution in [3.63, 3.8) is 0 Å². The van der Waals surface area contributed by atoms with Gasteiger partial charge in [0.25, 0.3) is 0 Å². The van der Waals surface area contributed by atoms with Crippen LogP contribution in [0.3, 0.4) is 0 Å². The minimum absolute atomic E-state index is 0.231. The van der Waals surface area contributed by atoms with Gasteiger partial charge in [-0.25, -0.2) is 0 Å². The van der Waals surface area contributed by atoms with E-state index in [4.69, 9.17) is 16.3 Å². The predicted octanol–water partition coefficient (Wildman–Crippen LogP) is 4.24. The molecule has 20 heavy (non-hydrogen) atoms. The Bertz CT molecular complexity index is 556. The summed E-state index contributed by atoms with van der Waals surface area (Å²) in [6.07, 6.45) is 0.873. The zero-order valence-corrected chi connectivity index (χ0v) is 12.7. The lowest BCUT2D eigenvalue weighted by Crippen LogP contribution is -2.23. The summed E-state index contributed by atoms with van der Waals surface area (Å²) < 4.78 is 5.43. The predicted molar refractivity (Wildman–Crippen MR) is 84.6 cm³/mol. The van der Waals surface area contributed by atoms with Crippen LogP contribution in [-0.4, -0.2) is 13.7 Å². The number of nitrogens with one attached hydrogen (secondary N) is 1. The van der Waals surface area contributed by atoms with Crippen molar-refractivity contribution in [2.45, 2.75) is 19.4 Å². The summed E-state index contributed by atoms with van der Waals surface area (Å²) in [7, 11) is 1.71. The maximum atomic E-state index is 6.10. The molecule has 0 heterocycles. The van der Waals surface area contributed by atoms with E-state index in [-0.39, 0.29) is 6.04 Å².